The Balaban J connectivity index is 2.34. The standard InChI is InChI=1S/C12H23N3O2/c1-9-7-11(5-6-14(9)3)13-12(17)8-15(4)10(2)16/h9,11H,5-8H2,1-4H3,(H,13,17). The van der Waals surface area contributed by atoms with E-state index in [1.165, 1.54) is 11.8 Å². The van der Waals surface area contributed by atoms with Crippen molar-refractivity contribution >= 4 is 11.8 Å². The molecule has 0 aromatic rings. The normalized spacial score (nSPS) is 25.4. The Bertz CT molecular complexity index is 293. The zero-order valence-corrected chi connectivity index (χ0v) is 11.2. The summed E-state index contributed by atoms with van der Waals surface area (Å²) >= 11 is 0. The first-order chi connectivity index (χ1) is 7.90. The summed E-state index contributed by atoms with van der Waals surface area (Å²) in [6.45, 7) is 4.79. The fourth-order valence-corrected chi connectivity index (χ4v) is 2.02. The predicted octanol–water partition coefficient (Wildman–Crippen LogP) is 0.0636. The maximum absolute atomic E-state index is 11.7. The predicted molar refractivity (Wildman–Crippen MR) is 66.6 cm³/mol. The van der Waals surface area contributed by atoms with Crippen LogP contribution < -0.4 is 5.32 Å². The largest absolute Gasteiger partial charge is 0.352 e. The minimum absolute atomic E-state index is 0.0653. The van der Waals surface area contributed by atoms with E-state index in [-0.39, 0.29) is 24.4 Å². The molecule has 5 heteroatoms. The highest BCUT2D eigenvalue weighted by molar-refractivity contribution is 5.83. The lowest BCUT2D eigenvalue weighted by Gasteiger charge is -2.35. The van der Waals surface area contributed by atoms with Crippen molar-refractivity contribution in [1.82, 2.24) is 15.1 Å². The lowest BCUT2D eigenvalue weighted by Crippen LogP contribution is -2.49. The topological polar surface area (TPSA) is 52.7 Å². The minimum Gasteiger partial charge on any atom is -0.352 e. The summed E-state index contributed by atoms with van der Waals surface area (Å²) in [5, 5.41) is 3.00. The molecule has 1 N–H and O–H groups in total. The highest BCUT2D eigenvalue weighted by Gasteiger charge is 2.24. The molecule has 1 rings (SSSR count). The van der Waals surface area contributed by atoms with Crippen molar-refractivity contribution in [2.24, 2.45) is 0 Å². The fourth-order valence-electron chi connectivity index (χ4n) is 2.02. The number of carbonyl (C=O) groups excluding carboxylic acids is 2. The van der Waals surface area contributed by atoms with E-state index >= 15 is 0 Å². The van der Waals surface area contributed by atoms with Crippen LogP contribution in [0.5, 0.6) is 0 Å². The number of hydrogen-bond donors (Lipinski definition) is 1. The number of piperidine rings is 1. The lowest BCUT2D eigenvalue weighted by atomic mass is 9.99. The Morgan fingerprint density at radius 3 is 2.65 bits per heavy atom. The van der Waals surface area contributed by atoms with Crippen molar-refractivity contribution in [3.8, 4) is 0 Å². The van der Waals surface area contributed by atoms with Gasteiger partial charge in [-0.05, 0) is 26.8 Å². The van der Waals surface area contributed by atoms with Crippen molar-refractivity contribution in [2.45, 2.75) is 38.8 Å². The molecule has 0 aromatic heterocycles. The Morgan fingerprint density at radius 1 is 1.47 bits per heavy atom. The van der Waals surface area contributed by atoms with Gasteiger partial charge in [0, 0.05) is 32.6 Å². The Kier molecular flexibility index (Phi) is 4.93. The van der Waals surface area contributed by atoms with E-state index < -0.39 is 0 Å². The van der Waals surface area contributed by atoms with Gasteiger partial charge >= 0.3 is 0 Å². The van der Waals surface area contributed by atoms with Crippen LogP contribution >= 0.6 is 0 Å². The van der Waals surface area contributed by atoms with Gasteiger partial charge in [0.25, 0.3) is 0 Å². The van der Waals surface area contributed by atoms with E-state index in [4.69, 9.17) is 0 Å². The molecule has 1 aliphatic rings. The van der Waals surface area contributed by atoms with E-state index in [0.29, 0.717) is 6.04 Å². The zero-order chi connectivity index (χ0) is 13.0. The molecule has 2 unspecified atom stereocenters. The number of amides is 2. The molecule has 0 aliphatic carbocycles. The summed E-state index contributed by atoms with van der Waals surface area (Å²) in [6, 6.07) is 0.744. The maximum Gasteiger partial charge on any atom is 0.239 e. The molecule has 98 valence electrons. The number of nitrogens with one attached hydrogen (secondary N) is 1. The summed E-state index contributed by atoms with van der Waals surface area (Å²) in [5.41, 5.74) is 0. The average molecular weight is 241 g/mol. The molecule has 0 aromatic carbocycles. The summed E-state index contributed by atoms with van der Waals surface area (Å²) < 4.78 is 0. The van der Waals surface area contributed by atoms with Gasteiger partial charge in [0.05, 0.1) is 6.54 Å². The number of carbonyl (C=O) groups is 2. The molecule has 17 heavy (non-hydrogen) atoms. The van der Waals surface area contributed by atoms with E-state index in [2.05, 4.69) is 24.2 Å². The van der Waals surface area contributed by atoms with Crippen LogP contribution in [0.15, 0.2) is 0 Å². The van der Waals surface area contributed by atoms with Gasteiger partial charge in [0.15, 0.2) is 0 Å². The molecule has 1 heterocycles. The molecule has 2 atom stereocenters. The number of rotatable bonds is 3. The molecule has 1 aliphatic heterocycles. The first kappa shape index (κ1) is 14.0. The van der Waals surface area contributed by atoms with E-state index in [0.717, 1.165) is 19.4 Å². The van der Waals surface area contributed by atoms with Gasteiger partial charge < -0.3 is 15.1 Å². The molecule has 1 saturated heterocycles. The molecule has 0 saturated carbocycles. The smallest absolute Gasteiger partial charge is 0.239 e. The van der Waals surface area contributed by atoms with Gasteiger partial charge in [0.1, 0.15) is 0 Å². The molecule has 0 radical (unpaired) electrons. The van der Waals surface area contributed by atoms with Crippen molar-refractivity contribution in [3.05, 3.63) is 0 Å². The van der Waals surface area contributed by atoms with Crippen LogP contribution in [0.25, 0.3) is 0 Å². The van der Waals surface area contributed by atoms with Crippen molar-refractivity contribution in [3.63, 3.8) is 0 Å². The monoisotopic (exact) mass is 241 g/mol. The summed E-state index contributed by atoms with van der Waals surface area (Å²) in [4.78, 5) is 26.4. The van der Waals surface area contributed by atoms with Gasteiger partial charge in [-0.2, -0.15) is 0 Å². The third kappa shape index (κ3) is 4.34. The van der Waals surface area contributed by atoms with Gasteiger partial charge in [0.2, 0.25) is 11.8 Å². The quantitative estimate of drug-likeness (QED) is 0.760. The number of likely N-dealkylation sites (tertiary alicyclic amines) is 1. The lowest BCUT2D eigenvalue weighted by molar-refractivity contribution is -0.133. The molecular weight excluding hydrogens is 218 g/mol. The number of nitrogens with zero attached hydrogens (tertiary/aromatic N) is 2. The summed E-state index contributed by atoms with van der Waals surface area (Å²) in [5.74, 6) is -0.152. The van der Waals surface area contributed by atoms with Gasteiger partial charge in [-0.25, -0.2) is 0 Å². The summed E-state index contributed by atoms with van der Waals surface area (Å²) in [7, 11) is 3.74. The third-order valence-electron chi connectivity index (χ3n) is 3.49. The van der Waals surface area contributed by atoms with Crippen LogP contribution in [0, 0.1) is 0 Å². The fraction of sp³-hybridized carbons (Fsp3) is 0.833. The molecule has 2 amide bonds. The second kappa shape index (κ2) is 6.00. The second-order valence-corrected chi connectivity index (χ2v) is 4.99. The van der Waals surface area contributed by atoms with Crippen LogP contribution in [0.3, 0.4) is 0 Å². The van der Waals surface area contributed by atoms with Crippen LogP contribution in [-0.2, 0) is 9.59 Å². The SMILES string of the molecule is CC(=O)N(C)CC(=O)NC1CCN(C)C(C)C1. The minimum atomic E-state index is -0.0862. The van der Waals surface area contributed by atoms with Crippen LogP contribution in [-0.4, -0.2) is 60.9 Å². The van der Waals surface area contributed by atoms with Crippen molar-refractivity contribution in [2.75, 3.05) is 27.2 Å². The Morgan fingerprint density at radius 2 is 2.12 bits per heavy atom. The third-order valence-corrected chi connectivity index (χ3v) is 3.49. The number of hydrogen-bond acceptors (Lipinski definition) is 3. The van der Waals surface area contributed by atoms with Crippen molar-refractivity contribution < 1.29 is 9.59 Å². The summed E-state index contributed by atoms with van der Waals surface area (Å²) in [6.07, 6.45) is 1.96. The van der Waals surface area contributed by atoms with Gasteiger partial charge in [-0.3, -0.25) is 9.59 Å². The average Bonchev–Trinajstić information content (AvgIpc) is 2.23. The Labute approximate surface area is 103 Å². The maximum atomic E-state index is 11.7. The molecule has 0 bridgehead atoms. The van der Waals surface area contributed by atoms with Crippen LogP contribution in [0.4, 0.5) is 0 Å². The van der Waals surface area contributed by atoms with Gasteiger partial charge in [-0.15, -0.1) is 0 Å². The van der Waals surface area contributed by atoms with Crippen LogP contribution in [0.1, 0.15) is 26.7 Å². The number of likely N-dealkylation sites (N-methyl/N-ethyl adjacent to an activating group) is 1. The zero-order valence-electron chi connectivity index (χ0n) is 11.2. The molecule has 0 spiro atoms. The van der Waals surface area contributed by atoms with Crippen LogP contribution in [0.2, 0.25) is 0 Å². The first-order valence-corrected chi connectivity index (χ1v) is 6.11. The van der Waals surface area contributed by atoms with Gasteiger partial charge in [-0.1, -0.05) is 0 Å². The highest BCUT2D eigenvalue weighted by atomic mass is 16.2. The second-order valence-electron chi connectivity index (χ2n) is 4.99. The molecular formula is C12H23N3O2. The Hall–Kier alpha value is -1.10. The molecule has 5 nitrogen and oxygen atoms in total. The van der Waals surface area contributed by atoms with E-state index in [1.54, 1.807) is 7.05 Å². The highest BCUT2D eigenvalue weighted by Crippen LogP contribution is 2.15. The first-order valence-electron chi connectivity index (χ1n) is 6.11. The van der Waals surface area contributed by atoms with Crippen molar-refractivity contribution in [1.29, 1.82) is 0 Å². The van der Waals surface area contributed by atoms with E-state index in [1.807, 2.05) is 0 Å². The molecule has 1 fully saturated rings. The van der Waals surface area contributed by atoms with E-state index in [9.17, 15) is 9.59 Å².